The van der Waals surface area contributed by atoms with Crippen molar-refractivity contribution in [3.63, 3.8) is 0 Å². The summed E-state index contributed by atoms with van der Waals surface area (Å²) in [6, 6.07) is 8.00. The number of carbonyl (C=O) groups excluding carboxylic acids is 2. The summed E-state index contributed by atoms with van der Waals surface area (Å²) in [5.41, 5.74) is 1.33. The average Bonchev–Trinajstić information content (AvgIpc) is 3.03. The van der Waals surface area contributed by atoms with Gasteiger partial charge in [-0.2, -0.15) is 0 Å². The number of piperidine rings is 1. The number of imide groups is 1. The molecule has 6 heteroatoms. The maximum atomic E-state index is 12.2. The van der Waals surface area contributed by atoms with Gasteiger partial charge in [-0.15, -0.1) is 0 Å². The van der Waals surface area contributed by atoms with E-state index in [2.05, 4.69) is 22.3 Å². The highest BCUT2D eigenvalue weighted by molar-refractivity contribution is 5.96. The van der Waals surface area contributed by atoms with Crippen molar-refractivity contribution in [1.29, 1.82) is 0 Å². The van der Waals surface area contributed by atoms with E-state index in [0.717, 1.165) is 38.1 Å². The number of benzene rings is 1. The van der Waals surface area contributed by atoms with Gasteiger partial charge in [-0.3, -0.25) is 14.6 Å². The van der Waals surface area contributed by atoms with Crippen molar-refractivity contribution < 1.29 is 14.3 Å². The topological polar surface area (TPSA) is 61.9 Å². The second kappa shape index (κ2) is 7.66. The fraction of sp³-hybridized carbons (Fsp3) is 0.556. The van der Waals surface area contributed by atoms with Gasteiger partial charge in [-0.25, -0.2) is 4.79 Å². The monoisotopic (exact) mass is 331 g/mol. The number of hydrogen-bond acceptors (Lipinski definition) is 4. The van der Waals surface area contributed by atoms with Gasteiger partial charge in [0.15, 0.2) is 0 Å². The van der Waals surface area contributed by atoms with Crippen molar-refractivity contribution in [2.24, 2.45) is 5.92 Å². The summed E-state index contributed by atoms with van der Waals surface area (Å²) < 4.78 is 5.19. The van der Waals surface area contributed by atoms with Gasteiger partial charge in [0.25, 0.3) is 0 Å². The Morgan fingerprint density at radius 1 is 1.21 bits per heavy atom. The third kappa shape index (κ3) is 4.06. The van der Waals surface area contributed by atoms with E-state index in [9.17, 15) is 9.59 Å². The van der Waals surface area contributed by atoms with Gasteiger partial charge in [0, 0.05) is 13.1 Å². The van der Waals surface area contributed by atoms with Crippen molar-refractivity contribution in [2.45, 2.75) is 19.3 Å². The van der Waals surface area contributed by atoms with E-state index in [1.54, 1.807) is 7.11 Å². The number of hydrogen-bond donors (Lipinski definition) is 1. The van der Waals surface area contributed by atoms with Gasteiger partial charge in [0.05, 0.1) is 13.7 Å². The second-order valence-electron chi connectivity index (χ2n) is 6.55. The normalized spacial score (nSPS) is 19.4. The molecule has 2 aliphatic rings. The Bertz CT molecular complexity index is 580. The summed E-state index contributed by atoms with van der Waals surface area (Å²) in [6.07, 6.45) is 3.25. The van der Waals surface area contributed by atoms with Crippen molar-refractivity contribution in [3.05, 3.63) is 29.8 Å². The minimum absolute atomic E-state index is 0.0846. The van der Waals surface area contributed by atoms with Gasteiger partial charge >= 0.3 is 6.03 Å². The molecule has 0 spiro atoms. The fourth-order valence-electron chi connectivity index (χ4n) is 3.43. The van der Waals surface area contributed by atoms with Gasteiger partial charge in [-0.05, 0) is 56.0 Å². The molecule has 2 heterocycles. The molecule has 0 bridgehead atoms. The Morgan fingerprint density at radius 3 is 2.50 bits per heavy atom. The number of rotatable bonds is 5. The predicted octanol–water partition coefficient (Wildman–Crippen LogP) is 1.50. The van der Waals surface area contributed by atoms with Crippen LogP contribution in [0.3, 0.4) is 0 Å². The van der Waals surface area contributed by atoms with E-state index in [-0.39, 0.29) is 11.9 Å². The summed E-state index contributed by atoms with van der Waals surface area (Å²) in [7, 11) is 1.68. The van der Waals surface area contributed by atoms with Gasteiger partial charge in [-0.1, -0.05) is 12.1 Å². The third-order valence-electron chi connectivity index (χ3n) is 4.91. The summed E-state index contributed by atoms with van der Waals surface area (Å²) in [6.45, 7) is 3.24. The minimum atomic E-state index is -0.255. The van der Waals surface area contributed by atoms with E-state index in [1.165, 1.54) is 10.5 Å². The Morgan fingerprint density at radius 2 is 1.92 bits per heavy atom. The maximum absolute atomic E-state index is 12.2. The summed E-state index contributed by atoms with van der Waals surface area (Å²) in [5, 5.41) is 2.67. The molecule has 3 amide bonds. The molecule has 1 aromatic carbocycles. The predicted molar refractivity (Wildman–Crippen MR) is 91.0 cm³/mol. The van der Waals surface area contributed by atoms with Crippen LogP contribution in [0, 0.1) is 5.92 Å². The Balaban J connectivity index is 1.43. The molecule has 0 unspecified atom stereocenters. The van der Waals surface area contributed by atoms with Crippen LogP contribution in [0.1, 0.15) is 18.4 Å². The maximum Gasteiger partial charge on any atom is 0.324 e. The van der Waals surface area contributed by atoms with Crippen LogP contribution in [-0.4, -0.2) is 61.6 Å². The largest absolute Gasteiger partial charge is 0.497 e. The van der Waals surface area contributed by atoms with Gasteiger partial charge in [0.1, 0.15) is 5.75 Å². The fourth-order valence-corrected chi connectivity index (χ4v) is 3.43. The highest BCUT2D eigenvalue weighted by Crippen LogP contribution is 2.23. The number of nitrogens with zero attached hydrogens (tertiary/aromatic N) is 2. The number of ether oxygens (including phenoxy) is 1. The standard InChI is InChI=1S/C18H25N3O3/c1-24-16-4-2-14(3-5-16)12-15-6-9-20(10-7-15)13-17(22)21-11-8-19-18(21)23/h2-5,15H,6-13H2,1H3,(H,19,23). The first-order chi connectivity index (χ1) is 11.7. The van der Waals surface area contributed by atoms with Crippen LogP contribution >= 0.6 is 0 Å². The molecule has 0 aliphatic carbocycles. The zero-order valence-electron chi connectivity index (χ0n) is 14.2. The SMILES string of the molecule is COc1ccc(CC2CCN(CC(=O)N3CCNC3=O)CC2)cc1. The van der Waals surface area contributed by atoms with Crippen LogP contribution in [0.5, 0.6) is 5.75 Å². The van der Waals surface area contributed by atoms with Crippen LogP contribution in [0.2, 0.25) is 0 Å². The Labute approximate surface area is 142 Å². The third-order valence-corrected chi connectivity index (χ3v) is 4.91. The zero-order valence-corrected chi connectivity index (χ0v) is 14.2. The number of nitrogens with one attached hydrogen (secondary N) is 1. The molecule has 130 valence electrons. The van der Waals surface area contributed by atoms with Crippen molar-refractivity contribution >= 4 is 11.9 Å². The van der Waals surface area contributed by atoms with Crippen molar-refractivity contribution in [3.8, 4) is 5.75 Å². The first kappa shape index (κ1) is 16.8. The second-order valence-corrected chi connectivity index (χ2v) is 6.55. The first-order valence-corrected chi connectivity index (χ1v) is 8.59. The quantitative estimate of drug-likeness (QED) is 0.888. The molecule has 24 heavy (non-hydrogen) atoms. The molecule has 0 radical (unpaired) electrons. The summed E-state index contributed by atoms with van der Waals surface area (Å²) in [4.78, 5) is 27.2. The molecule has 2 saturated heterocycles. The van der Waals surface area contributed by atoms with Crippen LogP contribution < -0.4 is 10.1 Å². The minimum Gasteiger partial charge on any atom is -0.497 e. The van der Waals surface area contributed by atoms with Crippen LogP contribution in [0.15, 0.2) is 24.3 Å². The first-order valence-electron chi connectivity index (χ1n) is 8.59. The molecule has 0 aromatic heterocycles. The van der Waals surface area contributed by atoms with Gasteiger partial charge < -0.3 is 10.1 Å². The number of methoxy groups -OCH3 is 1. The van der Waals surface area contributed by atoms with Crippen molar-refractivity contribution in [1.82, 2.24) is 15.1 Å². The van der Waals surface area contributed by atoms with Crippen LogP contribution in [0.25, 0.3) is 0 Å². The van der Waals surface area contributed by atoms with E-state index in [1.807, 2.05) is 12.1 Å². The smallest absolute Gasteiger partial charge is 0.324 e. The summed E-state index contributed by atoms with van der Waals surface area (Å²) >= 11 is 0. The highest BCUT2D eigenvalue weighted by Gasteiger charge is 2.28. The molecule has 6 nitrogen and oxygen atoms in total. The average molecular weight is 331 g/mol. The van der Waals surface area contributed by atoms with E-state index < -0.39 is 0 Å². The summed E-state index contributed by atoms with van der Waals surface area (Å²) in [5.74, 6) is 1.46. The van der Waals surface area contributed by atoms with Crippen molar-refractivity contribution in [2.75, 3.05) is 39.8 Å². The van der Waals surface area contributed by atoms with E-state index in [4.69, 9.17) is 4.74 Å². The molecule has 0 atom stereocenters. The van der Waals surface area contributed by atoms with E-state index >= 15 is 0 Å². The van der Waals surface area contributed by atoms with Crippen LogP contribution in [0.4, 0.5) is 4.79 Å². The number of amides is 3. The molecular weight excluding hydrogens is 306 g/mol. The number of likely N-dealkylation sites (tertiary alicyclic amines) is 1. The Hall–Kier alpha value is -2.08. The Kier molecular flexibility index (Phi) is 5.35. The van der Waals surface area contributed by atoms with Crippen LogP contribution in [-0.2, 0) is 11.2 Å². The number of urea groups is 1. The molecule has 2 fully saturated rings. The molecule has 0 saturated carbocycles. The molecule has 1 N–H and O–H groups in total. The molecule has 1 aromatic rings. The van der Waals surface area contributed by atoms with Gasteiger partial charge in [0.2, 0.25) is 5.91 Å². The lowest BCUT2D eigenvalue weighted by atomic mass is 9.90. The van der Waals surface area contributed by atoms with E-state index in [0.29, 0.717) is 25.6 Å². The zero-order chi connectivity index (χ0) is 16.9. The lowest BCUT2D eigenvalue weighted by molar-refractivity contribution is -0.129. The molecule has 3 rings (SSSR count). The highest BCUT2D eigenvalue weighted by atomic mass is 16.5. The number of carbonyl (C=O) groups is 2. The lowest BCUT2D eigenvalue weighted by Gasteiger charge is -2.32. The molecular formula is C18H25N3O3. The lowest BCUT2D eigenvalue weighted by Crippen LogP contribution is -2.44. The molecule has 2 aliphatic heterocycles.